The van der Waals surface area contributed by atoms with Crippen LogP contribution < -0.4 is 10.2 Å². The number of anilines is 5. The molecule has 5 aromatic rings. The average molecular weight is 429 g/mol. The van der Waals surface area contributed by atoms with E-state index in [1.54, 1.807) is 0 Å². The SMILES string of the molecule is Cc1cccc(Nc2ccccc2)c1.c1ccc(N(c2ccccc2)c2ccccc2)cc1. The van der Waals surface area contributed by atoms with Gasteiger partial charge in [-0.05, 0) is 73.2 Å². The molecule has 33 heavy (non-hydrogen) atoms. The number of hydrogen-bond donors (Lipinski definition) is 1. The molecule has 0 aliphatic rings. The summed E-state index contributed by atoms with van der Waals surface area (Å²) in [5, 5.41) is 3.34. The second-order valence-corrected chi connectivity index (χ2v) is 7.70. The van der Waals surface area contributed by atoms with Crippen LogP contribution in [0.1, 0.15) is 5.56 Å². The van der Waals surface area contributed by atoms with Gasteiger partial charge < -0.3 is 10.2 Å². The van der Waals surface area contributed by atoms with E-state index in [1.807, 2.05) is 36.4 Å². The lowest BCUT2D eigenvalue weighted by atomic mass is 10.2. The molecule has 162 valence electrons. The van der Waals surface area contributed by atoms with Crippen LogP contribution in [0.15, 0.2) is 146 Å². The Morgan fingerprint density at radius 1 is 0.424 bits per heavy atom. The van der Waals surface area contributed by atoms with E-state index >= 15 is 0 Å². The predicted molar refractivity (Wildman–Crippen MR) is 142 cm³/mol. The topological polar surface area (TPSA) is 15.3 Å². The van der Waals surface area contributed by atoms with Gasteiger partial charge in [0, 0.05) is 28.4 Å². The van der Waals surface area contributed by atoms with Gasteiger partial charge in [0.25, 0.3) is 0 Å². The van der Waals surface area contributed by atoms with Gasteiger partial charge in [-0.25, -0.2) is 0 Å². The van der Waals surface area contributed by atoms with Crippen molar-refractivity contribution in [2.45, 2.75) is 6.92 Å². The largest absolute Gasteiger partial charge is 0.356 e. The van der Waals surface area contributed by atoms with Crippen LogP contribution in [0.2, 0.25) is 0 Å². The van der Waals surface area contributed by atoms with Gasteiger partial charge in [0.2, 0.25) is 0 Å². The number of rotatable bonds is 5. The second kappa shape index (κ2) is 11.4. The summed E-state index contributed by atoms with van der Waals surface area (Å²) in [6, 6.07) is 49.8. The third kappa shape index (κ3) is 6.34. The minimum atomic E-state index is 1.12. The number of nitrogens with one attached hydrogen (secondary N) is 1. The van der Waals surface area contributed by atoms with Crippen molar-refractivity contribution in [3.05, 3.63) is 151 Å². The van der Waals surface area contributed by atoms with Crippen LogP contribution in [0.3, 0.4) is 0 Å². The lowest BCUT2D eigenvalue weighted by Gasteiger charge is -2.25. The molecule has 5 aromatic carbocycles. The van der Waals surface area contributed by atoms with Crippen LogP contribution in [-0.2, 0) is 0 Å². The molecule has 1 N–H and O–H groups in total. The van der Waals surface area contributed by atoms with Crippen molar-refractivity contribution in [1.29, 1.82) is 0 Å². The maximum atomic E-state index is 3.34. The zero-order chi connectivity index (χ0) is 22.7. The minimum Gasteiger partial charge on any atom is -0.356 e. The smallest absolute Gasteiger partial charge is 0.0461 e. The lowest BCUT2D eigenvalue weighted by molar-refractivity contribution is 1.28. The summed E-state index contributed by atoms with van der Waals surface area (Å²) in [7, 11) is 0. The Balaban J connectivity index is 0.000000165. The summed E-state index contributed by atoms with van der Waals surface area (Å²) in [4.78, 5) is 2.25. The first-order valence-corrected chi connectivity index (χ1v) is 11.1. The van der Waals surface area contributed by atoms with Gasteiger partial charge in [0.05, 0.1) is 0 Å². The van der Waals surface area contributed by atoms with Crippen LogP contribution in [0.5, 0.6) is 0 Å². The maximum Gasteiger partial charge on any atom is 0.0461 e. The molecule has 0 fully saturated rings. The van der Waals surface area contributed by atoms with Crippen LogP contribution in [0.25, 0.3) is 0 Å². The molecule has 0 aromatic heterocycles. The van der Waals surface area contributed by atoms with E-state index < -0.39 is 0 Å². The third-order valence-corrected chi connectivity index (χ3v) is 5.12. The molecule has 0 aliphatic heterocycles. The van der Waals surface area contributed by atoms with Gasteiger partial charge in [0.1, 0.15) is 0 Å². The fraction of sp³-hybridized carbons (Fsp3) is 0.0323. The summed E-state index contributed by atoms with van der Waals surface area (Å²) >= 11 is 0. The molecule has 0 bridgehead atoms. The molecule has 0 atom stereocenters. The number of nitrogens with zero attached hydrogens (tertiary/aromatic N) is 1. The molecule has 0 saturated heterocycles. The van der Waals surface area contributed by atoms with Gasteiger partial charge in [0.15, 0.2) is 0 Å². The van der Waals surface area contributed by atoms with Gasteiger partial charge >= 0.3 is 0 Å². The molecule has 2 heteroatoms. The van der Waals surface area contributed by atoms with Gasteiger partial charge in [-0.2, -0.15) is 0 Å². The van der Waals surface area contributed by atoms with E-state index in [1.165, 1.54) is 22.6 Å². The minimum absolute atomic E-state index is 1.12. The molecule has 0 spiro atoms. The van der Waals surface area contributed by atoms with E-state index in [4.69, 9.17) is 0 Å². The van der Waals surface area contributed by atoms with Crippen molar-refractivity contribution >= 4 is 28.4 Å². The molecule has 0 radical (unpaired) electrons. The van der Waals surface area contributed by atoms with Crippen LogP contribution in [-0.4, -0.2) is 0 Å². The highest BCUT2D eigenvalue weighted by Crippen LogP contribution is 2.33. The monoisotopic (exact) mass is 428 g/mol. The zero-order valence-electron chi connectivity index (χ0n) is 18.8. The van der Waals surface area contributed by atoms with Crippen molar-refractivity contribution in [1.82, 2.24) is 0 Å². The molecular formula is C31H28N2. The normalized spacial score (nSPS) is 9.97. The van der Waals surface area contributed by atoms with Crippen molar-refractivity contribution < 1.29 is 0 Å². The predicted octanol–water partition coefficient (Wildman–Crippen LogP) is 8.90. The fourth-order valence-corrected chi connectivity index (χ4v) is 3.59. The van der Waals surface area contributed by atoms with Crippen LogP contribution in [0.4, 0.5) is 28.4 Å². The van der Waals surface area contributed by atoms with Crippen molar-refractivity contribution in [3.63, 3.8) is 0 Å². The van der Waals surface area contributed by atoms with E-state index in [0.717, 1.165) is 11.4 Å². The molecule has 0 heterocycles. The third-order valence-electron chi connectivity index (χ3n) is 5.12. The molecule has 0 unspecified atom stereocenters. The standard InChI is InChI=1S/C18H15N.C13H13N/c1-4-10-16(11-5-1)19(17-12-6-2-7-13-17)18-14-8-3-9-15-18;1-11-6-5-9-13(10-11)14-12-7-3-2-4-8-12/h1-15H;2-10,14H,1H3. The number of hydrogen-bond acceptors (Lipinski definition) is 2. The van der Waals surface area contributed by atoms with Crippen LogP contribution in [0, 0.1) is 6.92 Å². The van der Waals surface area contributed by atoms with Crippen molar-refractivity contribution in [3.8, 4) is 0 Å². The highest BCUT2D eigenvalue weighted by Gasteiger charge is 2.10. The van der Waals surface area contributed by atoms with E-state index in [-0.39, 0.29) is 0 Å². The fourth-order valence-electron chi connectivity index (χ4n) is 3.59. The molecule has 0 saturated carbocycles. The zero-order valence-corrected chi connectivity index (χ0v) is 18.8. The molecular weight excluding hydrogens is 400 g/mol. The number of benzene rings is 5. The Hall–Kier alpha value is -4.30. The van der Waals surface area contributed by atoms with E-state index in [2.05, 4.69) is 126 Å². The van der Waals surface area contributed by atoms with Crippen molar-refractivity contribution in [2.75, 3.05) is 10.2 Å². The Morgan fingerprint density at radius 3 is 1.24 bits per heavy atom. The lowest BCUT2D eigenvalue weighted by Crippen LogP contribution is -2.09. The highest BCUT2D eigenvalue weighted by molar-refractivity contribution is 5.76. The molecule has 5 rings (SSSR count). The molecule has 0 aliphatic carbocycles. The summed E-state index contributed by atoms with van der Waals surface area (Å²) in [5.74, 6) is 0. The van der Waals surface area contributed by atoms with Gasteiger partial charge in [-0.3, -0.25) is 0 Å². The number of para-hydroxylation sites is 4. The highest BCUT2D eigenvalue weighted by atomic mass is 15.1. The van der Waals surface area contributed by atoms with E-state index in [0.29, 0.717) is 0 Å². The average Bonchev–Trinajstić information content (AvgIpc) is 2.87. The summed E-state index contributed by atoms with van der Waals surface area (Å²) in [6.45, 7) is 2.09. The first-order valence-electron chi connectivity index (χ1n) is 11.1. The second-order valence-electron chi connectivity index (χ2n) is 7.70. The quantitative estimate of drug-likeness (QED) is 0.301. The van der Waals surface area contributed by atoms with Gasteiger partial charge in [-0.15, -0.1) is 0 Å². The Labute approximate surface area is 196 Å². The maximum absolute atomic E-state index is 3.34. The summed E-state index contributed by atoms with van der Waals surface area (Å²) in [5.41, 5.74) is 7.03. The van der Waals surface area contributed by atoms with Crippen molar-refractivity contribution in [2.24, 2.45) is 0 Å². The van der Waals surface area contributed by atoms with E-state index in [9.17, 15) is 0 Å². The first-order chi connectivity index (χ1) is 16.3. The number of aryl methyl sites for hydroxylation is 1. The van der Waals surface area contributed by atoms with Gasteiger partial charge in [-0.1, -0.05) is 84.9 Å². The van der Waals surface area contributed by atoms with Crippen LogP contribution >= 0.6 is 0 Å². The first kappa shape index (κ1) is 21.9. The molecule has 2 nitrogen and oxygen atoms in total. The summed E-state index contributed by atoms with van der Waals surface area (Å²) < 4.78 is 0. The Kier molecular flexibility index (Phi) is 7.54. The Bertz CT molecular complexity index is 1130. The Morgan fingerprint density at radius 2 is 0.818 bits per heavy atom. The summed E-state index contributed by atoms with van der Waals surface area (Å²) in [6.07, 6.45) is 0. The molecule has 0 amide bonds.